The summed E-state index contributed by atoms with van der Waals surface area (Å²) >= 11 is 0. The SMILES string of the molecule is N#Cc1ccc(C2(N3C=CC=C4NC(C(N)=O)=CN43)CC2)cn1. The van der Waals surface area contributed by atoms with Crippen LogP contribution in [-0.2, 0) is 10.3 Å². The van der Waals surface area contributed by atoms with E-state index in [1.807, 2.05) is 35.5 Å². The number of aromatic nitrogens is 1. The molecular formula is C16H14N6O. The van der Waals surface area contributed by atoms with Crippen LogP contribution in [0.25, 0.3) is 0 Å². The number of pyridine rings is 1. The largest absolute Gasteiger partial charge is 0.364 e. The van der Waals surface area contributed by atoms with E-state index in [9.17, 15) is 4.79 Å². The van der Waals surface area contributed by atoms with Gasteiger partial charge in [-0.1, -0.05) is 6.07 Å². The van der Waals surface area contributed by atoms with Gasteiger partial charge in [-0.25, -0.2) is 9.99 Å². The molecule has 7 nitrogen and oxygen atoms in total. The average molecular weight is 306 g/mol. The van der Waals surface area contributed by atoms with Crippen molar-refractivity contribution in [3.05, 3.63) is 65.7 Å². The lowest BCUT2D eigenvalue weighted by atomic mass is 10.1. The van der Waals surface area contributed by atoms with Crippen molar-refractivity contribution >= 4 is 5.91 Å². The number of hydrogen-bond acceptors (Lipinski definition) is 6. The van der Waals surface area contributed by atoms with Crippen LogP contribution in [0, 0.1) is 11.3 Å². The number of carbonyl (C=O) groups is 1. The topological polar surface area (TPSA) is 98.3 Å². The number of nitrogens with two attached hydrogens (primary N) is 1. The second-order valence-corrected chi connectivity index (χ2v) is 5.69. The number of fused-ring (bicyclic) bond motifs is 1. The quantitative estimate of drug-likeness (QED) is 0.855. The number of hydrogen-bond donors (Lipinski definition) is 2. The van der Waals surface area contributed by atoms with E-state index < -0.39 is 5.91 Å². The summed E-state index contributed by atoms with van der Waals surface area (Å²) in [4.78, 5) is 15.6. The van der Waals surface area contributed by atoms with Crippen LogP contribution in [0.3, 0.4) is 0 Å². The van der Waals surface area contributed by atoms with Gasteiger partial charge in [0.15, 0.2) is 0 Å². The predicted molar refractivity (Wildman–Crippen MR) is 81.2 cm³/mol. The maximum absolute atomic E-state index is 11.4. The molecule has 3 N–H and O–H groups in total. The van der Waals surface area contributed by atoms with Crippen LogP contribution < -0.4 is 11.1 Å². The zero-order chi connectivity index (χ0) is 16.0. The molecule has 0 aromatic carbocycles. The van der Waals surface area contributed by atoms with Crippen molar-refractivity contribution in [2.45, 2.75) is 18.4 Å². The molecule has 0 atom stereocenters. The Morgan fingerprint density at radius 1 is 1.43 bits per heavy atom. The summed E-state index contributed by atoms with van der Waals surface area (Å²) in [6.07, 6.45) is 11.2. The van der Waals surface area contributed by atoms with Crippen molar-refractivity contribution in [1.82, 2.24) is 20.3 Å². The fraction of sp³-hybridized carbons (Fsp3) is 0.188. The zero-order valence-electron chi connectivity index (χ0n) is 12.2. The van der Waals surface area contributed by atoms with Crippen LogP contribution in [0.5, 0.6) is 0 Å². The van der Waals surface area contributed by atoms with Crippen molar-refractivity contribution in [3.8, 4) is 6.07 Å². The Bertz CT molecular complexity index is 810. The minimum atomic E-state index is -0.495. The first-order valence-corrected chi connectivity index (χ1v) is 7.26. The summed E-state index contributed by atoms with van der Waals surface area (Å²) in [5.74, 6) is 0.291. The van der Waals surface area contributed by atoms with Crippen LogP contribution in [-0.4, -0.2) is 20.9 Å². The molecule has 23 heavy (non-hydrogen) atoms. The normalized spacial score (nSPS) is 20.1. The number of nitrogens with one attached hydrogen (secondary N) is 1. The standard InChI is InChI=1S/C16H14N6O/c17-8-12-4-3-11(9-19-12)16(5-6-16)22-7-1-2-14-20-13(15(18)23)10-21(14)22/h1-4,7,9-10,20H,5-6H2,(H2,18,23). The molecule has 4 rings (SSSR count). The van der Waals surface area contributed by atoms with Crippen LogP contribution in [0.2, 0.25) is 0 Å². The van der Waals surface area contributed by atoms with E-state index in [1.165, 1.54) is 0 Å². The minimum Gasteiger partial charge on any atom is -0.364 e. The van der Waals surface area contributed by atoms with E-state index in [2.05, 4.69) is 15.3 Å². The van der Waals surface area contributed by atoms with Gasteiger partial charge < -0.3 is 11.1 Å². The molecule has 0 unspecified atom stereocenters. The van der Waals surface area contributed by atoms with Gasteiger partial charge in [0.25, 0.3) is 5.91 Å². The highest BCUT2D eigenvalue weighted by Gasteiger charge is 2.52. The molecule has 0 bridgehead atoms. The minimum absolute atomic E-state index is 0.206. The molecule has 1 aromatic heterocycles. The van der Waals surface area contributed by atoms with Gasteiger partial charge in [0.05, 0.1) is 11.7 Å². The molecule has 0 spiro atoms. The average Bonchev–Trinajstić information content (AvgIpc) is 3.25. The van der Waals surface area contributed by atoms with E-state index in [0.717, 1.165) is 24.2 Å². The first kappa shape index (κ1) is 13.4. The van der Waals surface area contributed by atoms with Crippen molar-refractivity contribution in [2.75, 3.05) is 0 Å². The van der Waals surface area contributed by atoms with Crippen molar-refractivity contribution in [2.24, 2.45) is 5.73 Å². The maximum Gasteiger partial charge on any atom is 0.266 e. The molecule has 114 valence electrons. The number of hydrazine groups is 1. The lowest BCUT2D eigenvalue weighted by Gasteiger charge is -2.39. The Hall–Kier alpha value is -3.27. The number of amides is 1. The molecule has 1 amide bonds. The maximum atomic E-state index is 11.4. The third kappa shape index (κ3) is 1.96. The smallest absolute Gasteiger partial charge is 0.266 e. The number of nitrogens with zero attached hydrogens (tertiary/aromatic N) is 4. The van der Waals surface area contributed by atoms with Crippen molar-refractivity contribution < 1.29 is 4.79 Å². The third-order valence-electron chi connectivity index (χ3n) is 4.32. The number of primary amides is 1. The van der Waals surface area contributed by atoms with Gasteiger partial charge in [0, 0.05) is 12.4 Å². The monoisotopic (exact) mass is 306 g/mol. The summed E-state index contributed by atoms with van der Waals surface area (Å²) in [5.41, 5.74) is 6.96. The summed E-state index contributed by atoms with van der Waals surface area (Å²) in [5, 5.41) is 15.9. The van der Waals surface area contributed by atoms with E-state index in [-0.39, 0.29) is 5.54 Å². The Kier molecular flexibility index (Phi) is 2.69. The number of carbonyl (C=O) groups excluding carboxylic acids is 1. The lowest BCUT2D eigenvalue weighted by molar-refractivity contribution is -0.114. The molecule has 1 aromatic rings. The first-order valence-electron chi connectivity index (χ1n) is 7.26. The molecule has 1 fully saturated rings. The Morgan fingerprint density at radius 2 is 2.26 bits per heavy atom. The Balaban J connectivity index is 1.69. The number of rotatable bonds is 3. The number of nitriles is 1. The lowest BCUT2D eigenvalue weighted by Crippen LogP contribution is -2.43. The van der Waals surface area contributed by atoms with E-state index in [0.29, 0.717) is 11.4 Å². The molecule has 0 saturated heterocycles. The van der Waals surface area contributed by atoms with Crippen LogP contribution in [0.15, 0.2) is 54.4 Å². The first-order chi connectivity index (χ1) is 11.1. The van der Waals surface area contributed by atoms with E-state index in [1.54, 1.807) is 18.5 Å². The highest BCUT2D eigenvalue weighted by atomic mass is 16.1. The van der Waals surface area contributed by atoms with Gasteiger partial charge >= 0.3 is 0 Å². The van der Waals surface area contributed by atoms with E-state index in [4.69, 9.17) is 11.0 Å². The zero-order valence-corrected chi connectivity index (χ0v) is 12.2. The van der Waals surface area contributed by atoms with Gasteiger partial charge in [-0.2, -0.15) is 5.26 Å². The molecular weight excluding hydrogens is 292 g/mol. The second-order valence-electron chi connectivity index (χ2n) is 5.69. The van der Waals surface area contributed by atoms with Crippen molar-refractivity contribution in [3.63, 3.8) is 0 Å². The molecule has 7 heteroatoms. The summed E-state index contributed by atoms with van der Waals surface area (Å²) in [7, 11) is 0. The summed E-state index contributed by atoms with van der Waals surface area (Å²) in [6, 6.07) is 5.70. The molecule has 1 saturated carbocycles. The van der Waals surface area contributed by atoms with Gasteiger partial charge in [-0.15, -0.1) is 0 Å². The van der Waals surface area contributed by atoms with Gasteiger partial charge in [-0.3, -0.25) is 9.80 Å². The number of allylic oxidation sites excluding steroid dienone is 2. The molecule has 0 radical (unpaired) electrons. The molecule has 3 heterocycles. The van der Waals surface area contributed by atoms with Gasteiger partial charge in [-0.05, 0) is 36.6 Å². The van der Waals surface area contributed by atoms with E-state index >= 15 is 0 Å². The molecule has 2 aliphatic heterocycles. The summed E-state index contributed by atoms with van der Waals surface area (Å²) in [6.45, 7) is 0. The predicted octanol–water partition coefficient (Wildman–Crippen LogP) is 0.760. The molecule has 1 aliphatic carbocycles. The van der Waals surface area contributed by atoms with Crippen LogP contribution in [0.4, 0.5) is 0 Å². The highest BCUT2D eigenvalue weighted by molar-refractivity contribution is 5.92. The third-order valence-corrected chi connectivity index (χ3v) is 4.32. The summed E-state index contributed by atoms with van der Waals surface area (Å²) < 4.78 is 0. The van der Waals surface area contributed by atoms with Crippen LogP contribution >= 0.6 is 0 Å². The fourth-order valence-corrected chi connectivity index (χ4v) is 2.98. The fourth-order valence-electron chi connectivity index (χ4n) is 2.98. The van der Waals surface area contributed by atoms with Crippen molar-refractivity contribution in [1.29, 1.82) is 5.26 Å². The molecule has 3 aliphatic rings. The van der Waals surface area contributed by atoms with Crippen LogP contribution in [0.1, 0.15) is 24.1 Å². The second kappa shape index (κ2) is 4.61. The Morgan fingerprint density at radius 3 is 2.87 bits per heavy atom. The van der Waals surface area contributed by atoms with Gasteiger partial charge in [0.2, 0.25) is 0 Å². The van der Waals surface area contributed by atoms with Gasteiger partial charge in [0.1, 0.15) is 23.3 Å². The Labute approximate surface area is 133 Å². The highest BCUT2D eigenvalue weighted by Crippen LogP contribution is 2.53.